The molecule has 5 nitrogen and oxygen atoms in total. The summed E-state index contributed by atoms with van der Waals surface area (Å²) in [4.78, 5) is 13.0. The lowest BCUT2D eigenvalue weighted by atomic mass is 10.1. The topological polar surface area (TPSA) is 51.1 Å². The van der Waals surface area contributed by atoms with E-state index in [1.54, 1.807) is 37.3 Å². The van der Waals surface area contributed by atoms with Gasteiger partial charge in [-0.2, -0.15) is 10.1 Å². The summed E-state index contributed by atoms with van der Waals surface area (Å²) in [6, 6.07) is 20.1. The Morgan fingerprint density at radius 2 is 1.70 bits per heavy atom. The first-order chi connectivity index (χ1) is 15.9. The molecule has 0 N–H and O–H groups in total. The molecule has 4 rings (SSSR count). The molecule has 3 aromatic carbocycles. The Bertz CT molecular complexity index is 1240. The van der Waals surface area contributed by atoms with Crippen LogP contribution in [0.2, 0.25) is 10.0 Å². The SMILES string of the molecule is CC1=NN(c2ccccc2)C(=O)/C1=C/c1cc(Cl)ccc1OCCOc1ccc(Cl)c(C)c1. The Labute approximate surface area is 202 Å². The molecule has 0 aromatic heterocycles. The minimum atomic E-state index is -0.203. The molecule has 1 heterocycles. The molecule has 0 radical (unpaired) electrons. The van der Waals surface area contributed by atoms with Crippen molar-refractivity contribution in [2.45, 2.75) is 13.8 Å². The van der Waals surface area contributed by atoms with E-state index in [0.29, 0.717) is 51.5 Å². The average Bonchev–Trinajstić information content (AvgIpc) is 3.09. The molecule has 1 aliphatic rings. The maximum Gasteiger partial charge on any atom is 0.280 e. The molecule has 33 heavy (non-hydrogen) atoms. The van der Waals surface area contributed by atoms with Crippen molar-refractivity contribution in [1.82, 2.24) is 0 Å². The molecule has 168 valence electrons. The predicted molar refractivity (Wildman–Crippen MR) is 134 cm³/mol. The summed E-state index contributed by atoms with van der Waals surface area (Å²) in [6.45, 7) is 4.39. The molecule has 1 amide bonds. The lowest BCUT2D eigenvalue weighted by Crippen LogP contribution is -2.21. The molecule has 0 saturated carbocycles. The summed E-state index contributed by atoms with van der Waals surface area (Å²) in [5.41, 5.74) is 3.46. The number of anilines is 1. The molecule has 0 spiro atoms. The number of hydrazone groups is 1. The monoisotopic (exact) mass is 480 g/mol. The van der Waals surface area contributed by atoms with Crippen molar-refractivity contribution in [3.05, 3.63) is 93.5 Å². The number of ether oxygens (including phenoxy) is 2. The molecule has 3 aromatic rings. The Balaban J connectivity index is 1.48. The van der Waals surface area contributed by atoms with E-state index in [0.717, 1.165) is 11.3 Å². The molecular formula is C26H22Cl2N2O3. The minimum Gasteiger partial charge on any atom is -0.490 e. The van der Waals surface area contributed by atoms with E-state index in [2.05, 4.69) is 5.10 Å². The van der Waals surface area contributed by atoms with E-state index in [4.69, 9.17) is 32.7 Å². The number of nitrogens with zero attached hydrogens (tertiary/aromatic N) is 2. The molecule has 0 atom stereocenters. The number of hydrogen-bond acceptors (Lipinski definition) is 4. The van der Waals surface area contributed by atoms with Crippen LogP contribution in [0.3, 0.4) is 0 Å². The molecule has 0 fully saturated rings. The Morgan fingerprint density at radius 3 is 2.45 bits per heavy atom. The van der Waals surface area contributed by atoms with E-state index in [-0.39, 0.29) is 5.91 Å². The first-order valence-corrected chi connectivity index (χ1v) is 11.2. The second-order valence-corrected chi connectivity index (χ2v) is 8.33. The largest absolute Gasteiger partial charge is 0.490 e. The number of para-hydroxylation sites is 1. The third-order valence-corrected chi connectivity index (χ3v) is 5.73. The Kier molecular flexibility index (Phi) is 7.02. The fourth-order valence-corrected chi connectivity index (χ4v) is 3.66. The minimum absolute atomic E-state index is 0.203. The van der Waals surface area contributed by atoms with Gasteiger partial charge in [-0.1, -0.05) is 41.4 Å². The lowest BCUT2D eigenvalue weighted by molar-refractivity contribution is -0.114. The van der Waals surface area contributed by atoms with Crippen LogP contribution in [0.1, 0.15) is 18.1 Å². The fourth-order valence-electron chi connectivity index (χ4n) is 3.37. The lowest BCUT2D eigenvalue weighted by Gasteiger charge is -2.13. The van der Waals surface area contributed by atoms with Crippen LogP contribution in [0, 0.1) is 6.92 Å². The zero-order chi connectivity index (χ0) is 23.4. The maximum atomic E-state index is 13.0. The van der Waals surface area contributed by atoms with E-state index in [1.165, 1.54) is 5.01 Å². The normalized spacial score (nSPS) is 14.5. The highest BCUT2D eigenvalue weighted by Crippen LogP contribution is 2.29. The zero-order valence-corrected chi connectivity index (χ0v) is 19.7. The summed E-state index contributed by atoms with van der Waals surface area (Å²) in [5, 5.41) is 7.06. The molecule has 1 aliphatic heterocycles. The van der Waals surface area contributed by atoms with E-state index in [9.17, 15) is 4.79 Å². The smallest absolute Gasteiger partial charge is 0.280 e. The van der Waals surface area contributed by atoms with Crippen molar-refractivity contribution < 1.29 is 14.3 Å². The van der Waals surface area contributed by atoms with Crippen LogP contribution in [0.5, 0.6) is 11.5 Å². The van der Waals surface area contributed by atoms with Gasteiger partial charge >= 0.3 is 0 Å². The maximum absolute atomic E-state index is 13.0. The van der Waals surface area contributed by atoms with Crippen LogP contribution in [-0.2, 0) is 4.79 Å². The zero-order valence-electron chi connectivity index (χ0n) is 18.2. The van der Waals surface area contributed by atoms with Gasteiger partial charge in [-0.15, -0.1) is 0 Å². The van der Waals surface area contributed by atoms with Gasteiger partial charge in [-0.3, -0.25) is 4.79 Å². The van der Waals surface area contributed by atoms with Gasteiger partial charge in [0, 0.05) is 15.6 Å². The number of halogens is 2. The second-order valence-electron chi connectivity index (χ2n) is 7.49. The first kappa shape index (κ1) is 22.9. The van der Waals surface area contributed by atoms with E-state index in [1.807, 2.05) is 49.4 Å². The van der Waals surface area contributed by atoms with Gasteiger partial charge in [0.05, 0.1) is 17.0 Å². The standard InChI is InChI=1S/C26H22Cl2N2O3/c1-17-14-22(9-10-24(17)28)32-12-13-33-25-11-8-20(27)15-19(25)16-23-18(2)29-30(26(23)31)21-6-4-3-5-7-21/h3-11,14-16H,12-13H2,1-2H3/b23-16+. The van der Waals surface area contributed by atoms with Crippen molar-refractivity contribution in [3.63, 3.8) is 0 Å². The number of carbonyl (C=O) groups excluding carboxylic acids is 1. The van der Waals surface area contributed by atoms with Gasteiger partial charge in [0.2, 0.25) is 0 Å². The number of rotatable bonds is 7. The van der Waals surface area contributed by atoms with Crippen LogP contribution in [0.25, 0.3) is 6.08 Å². The third-order valence-electron chi connectivity index (χ3n) is 5.07. The van der Waals surface area contributed by atoms with Gasteiger partial charge in [0.15, 0.2) is 0 Å². The van der Waals surface area contributed by atoms with Crippen LogP contribution in [0.4, 0.5) is 5.69 Å². The Hall–Kier alpha value is -3.28. The van der Waals surface area contributed by atoms with Crippen molar-refractivity contribution in [2.75, 3.05) is 18.2 Å². The van der Waals surface area contributed by atoms with Crippen LogP contribution in [-0.4, -0.2) is 24.8 Å². The first-order valence-electron chi connectivity index (χ1n) is 10.4. The van der Waals surface area contributed by atoms with Crippen LogP contribution in [0.15, 0.2) is 77.4 Å². The highest BCUT2D eigenvalue weighted by atomic mass is 35.5. The van der Waals surface area contributed by atoms with Crippen LogP contribution >= 0.6 is 23.2 Å². The van der Waals surface area contributed by atoms with E-state index >= 15 is 0 Å². The van der Waals surface area contributed by atoms with Gasteiger partial charge in [-0.05, 0) is 74.0 Å². The fraction of sp³-hybridized carbons (Fsp3) is 0.154. The second kappa shape index (κ2) is 10.1. The van der Waals surface area contributed by atoms with Crippen LogP contribution < -0.4 is 14.5 Å². The van der Waals surface area contributed by atoms with Crippen molar-refractivity contribution >= 4 is 46.6 Å². The van der Waals surface area contributed by atoms with Gasteiger partial charge < -0.3 is 9.47 Å². The number of hydrogen-bond donors (Lipinski definition) is 0. The molecule has 0 saturated heterocycles. The summed E-state index contributed by atoms with van der Waals surface area (Å²) >= 11 is 12.3. The number of carbonyl (C=O) groups is 1. The average molecular weight is 481 g/mol. The van der Waals surface area contributed by atoms with E-state index < -0.39 is 0 Å². The summed E-state index contributed by atoms with van der Waals surface area (Å²) in [6.07, 6.45) is 1.76. The van der Waals surface area contributed by atoms with Crippen molar-refractivity contribution in [2.24, 2.45) is 5.10 Å². The molecular weight excluding hydrogens is 459 g/mol. The summed E-state index contributed by atoms with van der Waals surface area (Å²) in [7, 11) is 0. The molecule has 0 aliphatic carbocycles. The third kappa shape index (κ3) is 5.38. The van der Waals surface area contributed by atoms with Gasteiger partial charge in [0.25, 0.3) is 5.91 Å². The van der Waals surface area contributed by atoms with Crippen molar-refractivity contribution in [1.29, 1.82) is 0 Å². The van der Waals surface area contributed by atoms with Gasteiger partial charge in [-0.25, -0.2) is 0 Å². The summed E-state index contributed by atoms with van der Waals surface area (Å²) in [5.74, 6) is 1.12. The highest BCUT2D eigenvalue weighted by molar-refractivity contribution is 6.33. The molecule has 0 bridgehead atoms. The quantitative estimate of drug-likeness (QED) is 0.284. The molecule has 7 heteroatoms. The van der Waals surface area contributed by atoms with Gasteiger partial charge in [0.1, 0.15) is 24.7 Å². The summed E-state index contributed by atoms with van der Waals surface area (Å²) < 4.78 is 11.7. The number of aryl methyl sites for hydroxylation is 1. The van der Waals surface area contributed by atoms with Crippen molar-refractivity contribution in [3.8, 4) is 11.5 Å². The highest BCUT2D eigenvalue weighted by Gasteiger charge is 2.28. The molecule has 0 unspecified atom stereocenters. The number of benzene rings is 3. The number of amides is 1. The Morgan fingerprint density at radius 1 is 0.939 bits per heavy atom. The predicted octanol–water partition coefficient (Wildman–Crippen LogP) is 6.57.